The van der Waals surface area contributed by atoms with Gasteiger partial charge < -0.3 is 10.6 Å². The standard InChI is InChI=1S/C15H13FIN3O2/c16-12-8-10(3-4-13(12)17)14(21)19-6-7-20-15(22)11-2-1-5-18-9-11/h1-5,8-9H,6-7H2,(H,19,21)(H,20,22). The summed E-state index contributed by atoms with van der Waals surface area (Å²) < 4.78 is 13.8. The highest BCUT2D eigenvalue weighted by molar-refractivity contribution is 14.1. The molecule has 5 nitrogen and oxygen atoms in total. The van der Waals surface area contributed by atoms with Gasteiger partial charge in [-0.25, -0.2) is 4.39 Å². The fourth-order valence-corrected chi connectivity index (χ4v) is 2.03. The number of halogens is 2. The molecule has 0 saturated heterocycles. The minimum absolute atomic E-state index is 0.247. The molecule has 0 radical (unpaired) electrons. The Hall–Kier alpha value is -2.03. The average Bonchev–Trinajstić information content (AvgIpc) is 2.54. The smallest absolute Gasteiger partial charge is 0.252 e. The van der Waals surface area contributed by atoms with Crippen LogP contribution in [-0.4, -0.2) is 29.9 Å². The van der Waals surface area contributed by atoms with E-state index in [2.05, 4.69) is 15.6 Å². The summed E-state index contributed by atoms with van der Waals surface area (Å²) in [7, 11) is 0. The van der Waals surface area contributed by atoms with Crippen LogP contribution in [0.15, 0.2) is 42.7 Å². The van der Waals surface area contributed by atoms with Crippen molar-refractivity contribution in [3.63, 3.8) is 0 Å². The van der Waals surface area contributed by atoms with E-state index in [1.54, 1.807) is 24.4 Å². The van der Waals surface area contributed by atoms with Crippen molar-refractivity contribution < 1.29 is 14.0 Å². The van der Waals surface area contributed by atoms with Crippen LogP contribution in [0.25, 0.3) is 0 Å². The molecular weight excluding hydrogens is 400 g/mol. The molecule has 0 aliphatic carbocycles. The highest BCUT2D eigenvalue weighted by Crippen LogP contribution is 2.12. The first-order valence-electron chi connectivity index (χ1n) is 6.49. The van der Waals surface area contributed by atoms with Crippen molar-refractivity contribution in [2.24, 2.45) is 0 Å². The predicted octanol–water partition coefficient (Wildman–Crippen LogP) is 1.99. The molecule has 22 heavy (non-hydrogen) atoms. The summed E-state index contributed by atoms with van der Waals surface area (Å²) in [5.74, 6) is -1.08. The van der Waals surface area contributed by atoms with E-state index >= 15 is 0 Å². The first-order valence-corrected chi connectivity index (χ1v) is 7.57. The van der Waals surface area contributed by atoms with Gasteiger partial charge in [0.2, 0.25) is 0 Å². The van der Waals surface area contributed by atoms with Gasteiger partial charge in [-0.1, -0.05) is 0 Å². The Morgan fingerprint density at radius 1 is 1.09 bits per heavy atom. The van der Waals surface area contributed by atoms with Crippen LogP contribution < -0.4 is 10.6 Å². The molecule has 2 rings (SSSR count). The topological polar surface area (TPSA) is 71.1 Å². The molecule has 1 heterocycles. The Balaban J connectivity index is 1.78. The number of rotatable bonds is 5. The van der Waals surface area contributed by atoms with Crippen LogP contribution in [0.3, 0.4) is 0 Å². The largest absolute Gasteiger partial charge is 0.350 e. The Morgan fingerprint density at radius 2 is 1.77 bits per heavy atom. The van der Waals surface area contributed by atoms with E-state index in [0.717, 1.165) is 0 Å². The molecule has 0 unspecified atom stereocenters. The molecular formula is C15H13FIN3O2. The molecule has 0 aliphatic rings. The van der Waals surface area contributed by atoms with Crippen LogP contribution >= 0.6 is 22.6 Å². The lowest BCUT2D eigenvalue weighted by Crippen LogP contribution is -2.34. The number of carbonyl (C=O) groups excluding carboxylic acids is 2. The molecule has 0 bridgehead atoms. The third-order valence-electron chi connectivity index (χ3n) is 2.80. The SMILES string of the molecule is O=C(NCCNC(=O)c1ccc(I)c(F)c1)c1cccnc1. The summed E-state index contributed by atoms with van der Waals surface area (Å²) in [4.78, 5) is 27.4. The number of hydrogen-bond acceptors (Lipinski definition) is 3. The monoisotopic (exact) mass is 413 g/mol. The predicted molar refractivity (Wildman–Crippen MR) is 88.0 cm³/mol. The van der Waals surface area contributed by atoms with Crippen molar-refractivity contribution in [2.75, 3.05) is 13.1 Å². The molecule has 114 valence electrons. The maximum Gasteiger partial charge on any atom is 0.252 e. The highest BCUT2D eigenvalue weighted by Gasteiger charge is 2.08. The number of aromatic nitrogens is 1. The van der Waals surface area contributed by atoms with E-state index in [9.17, 15) is 14.0 Å². The summed E-state index contributed by atoms with van der Waals surface area (Å²) in [6.07, 6.45) is 3.04. The second kappa shape index (κ2) is 7.83. The summed E-state index contributed by atoms with van der Waals surface area (Å²) in [6.45, 7) is 0.519. The second-order valence-electron chi connectivity index (χ2n) is 4.38. The molecule has 0 saturated carbocycles. The summed E-state index contributed by atoms with van der Waals surface area (Å²) in [5.41, 5.74) is 0.699. The Labute approximate surface area is 140 Å². The Kier molecular flexibility index (Phi) is 5.82. The average molecular weight is 413 g/mol. The van der Waals surface area contributed by atoms with Crippen molar-refractivity contribution in [1.82, 2.24) is 15.6 Å². The Bertz CT molecular complexity index is 680. The lowest BCUT2D eigenvalue weighted by atomic mass is 10.2. The van der Waals surface area contributed by atoms with E-state index in [0.29, 0.717) is 9.13 Å². The van der Waals surface area contributed by atoms with Crippen molar-refractivity contribution in [3.05, 3.63) is 63.2 Å². The first-order chi connectivity index (χ1) is 10.6. The zero-order valence-electron chi connectivity index (χ0n) is 11.5. The van der Waals surface area contributed by atoms with Gasteiger partial charge >= 0.3 is 0 Å². The third-order valence-corrected chi connectivity index (χ3v) is 3.68. The molecule has 0 atom stereocenters. The first kappa shape index (κ1) is 16.3. The number of carbonyl (C=O) groups is 2. The van der Waals surface area contributed by atoms with E-state index in [1.165, 1.54) is 18.3 Å². The van der Waals surface area contributed by atoms with Crippen molar-refractivity contribution >= 4 is 34.4 Å². The summed E-state index contributed by atoms with van der Waals surface area (Å²) in [5, 5.41) is 5.27. The number of hydrogen-bond donors (Lipinski definition) is 2. The molecule has 2 amide bonds. The van der Waals surface area contributed by atoms with Gasteiger partial charge in [-0.05, 0) is 52.9 Å². The van der Waals surface area contributed by atoms with Crippen LogP contribution in [0.2, 0.25) is 0 Å². The normalized spacial score (nSPS) is 10.1. The van der Waals surface area contributed by atoms with Crippen molar-refractivity contribution in [1.29, 1.82) is 0 Å². The third kappa shape index (κ3) is 4.48. The quantitative estimate of drug-likeness (QED) is 0.582. The van der Waals surface area contributed by atoms with Gasteiger partial charge in [0.05, 0.1) is 5.56 Å². The van der Waals surface area contributed by atoms with Crippen LogP contribution in [0, 0.1) is 9.39 Å². The molecule has 0 spiro atoms. The number of pyridine rings is 1. The van der Waals surface area contributed by atoms with Gasteiger partial charge in [0.15, 0.2) is 0 Å². The minimum Gasteiger partial charge on any atom is -0.350 e. The number of nitrogens with one attached hydrogen (secondary N) is 2. The van der Waals surface area contributed by atoms with Crippen molar-refractivity contribution in [2.45, 2.75) is 0 Å². The zero-order chi connectivity index (χ0) is 15.9. The van der Waals surface area contributed by atoms with Crippen LogP contribution in [0.1, 0.15) is 20.7 Å². The van der Waals surface area contributed by atoms with Gasteiger partial charge in [-0.2, -0.15) is 0 Å². The fraction of sp³-hybridized carbons (Fsp3) is 0.133. The van der Waals surface area contributed by atoms with E-state index in [4.69, 9.17) is 0 Å². The van der Waals surface area contributed by atoms with Gasteiger partial charge in [0, 0.05) is 34.6 Å². The molecule has 1 aromatic heterocycles. The molecule has 2 aromatic rings. The van der Waals surface area contributed by atoms with Gasteiger partial charge in [-0.3, -0.25) is 14.6 Å². The molecule has 0 fully saturated rings. The maximum atomic E-state index is 13.4. The minimum atomic E-state index is -0.432. The van der Waals surface area contributed by atoms with Gasteiger partial charge in [-0.15, -0.1) is 0 Å². The van der Waals surface area contributed by atoms with Crippen LogP contribution in [0.5, 0.6) is 0 Å². The lowest BCUT2D eigenvalue weighted by Gasteiger charge is -2.07. The molecule has 2 N–H and O–H groups in total. The fourth-order valence-electron chi connectivity index (χ4n) is 1.69. The second-order valence-corrected chi connectivity index (χ2v) is 5.54. The van der Waals surface area contributed by atoms with Crippen molar-refractivity contribution in [3.8, 4) is 0 Å². The van der Waals surface area contributed by atoms with E-state index in [-0.39, 0.29) is 30.5 Å². The van der Waals surface area contributed by atoms with Gasteiger partial charge in [0.25, 0.3) is 11.8 Å². The molecule has 7 heteroatoms. The Morgan fingerprint density at radius 3 is 2.36 bits per heavy atom. The maximum absolute atomic E-state index is 13.4. The zero-order valence-corrected chi connectivity index (χ0v) is 13.6. The summed E-state index contributed by atoms with van der Waals surface area (Å²) >= 11 is 1.85. The van der Waals surface area contributed by atoms with E-state index < -0.39 is 5.82 Å². The van der Waals surface area contributed by atoms with Crippen LogP contribution in [-0.2, 0) is 0 Å². The molecule has 0 aliphatic heterocycles. The molecule has 1 aromatic carbocycles. The summed E-state index contributed by atoms with van der Waals surface area (Å²) in [6, 6.07) is 7.59. The lowest BCUT2D eigenvalue weighted by molar-refractivity contribution is 0.0927. The number of benzene rings is 1. The number of amides is 2. The van der Waals surface area contributed by atoms with Gasteiger partial charge in [0.1, 0.15) is 5.82 Å². The number of nitrogens with zero attached hydrogens (tertiary/aromatic N) is 1. The van der Waals surface area contributed by atoms with Crippen LogP contribution in [0.4, 0.5) is 4.39 Å². The highest BCUT2D eigenvalue weighted by atomic mass is 127. The van der Waals surface area contributed by atoms with E-state index in [1.807, 2.05) is 22.6 Å².